The smallest absolute Gasteiger partial charge is 0.315 e. The molecule has 16 heavy (non-hydrogen) atoms. The van der Waals surface area contributed by atoms with Gasteiger partial charge in [0.25, 0.3) is 0 Å². The molecule has 2 amide bonds. The van der Waals surface area contributed by atoms with Crippen molar-refractivity contribution in [1.82, 2.24) is 10.6 Å². The zero-order valence-electron chi connectivity index (χ0n) is 9.23. The molecule has 0 fully saturated rings. The van der Waals surface area contributed by atoms with Crippen molar-refractivity contribution in [3.05, 3.63) is 42.5 Å². The van der Waals surface area contributed by atoms with E-state index in [0.29, 0.717) is 6.54 Å². The van der Waals surface area contributed by atoms with Gasteiger partial charge in [-0.05, 0) is 24.6 Å². The largest absolute Gasteiger partial charge is 0.508 e. The minimum Gasteiger partial charge on any atom is -0.508 e. The van der Waals surface area contributed by atoms with Crippen LogP contribution in [0, 0.1) is 0 Å². The van der Waals surface area contributed by atoms with Gasteiger partial charge < -0.3 is 15.7 Å². The van der Waals surface area contributed by atoms with Crippen LogP contribution in [0.5, 0.6) is 5.75 Å². The van der Waals surface area contributed by atoms with Crippen molar-refractivity contribution in [3.8, 4) is 5.75 Å². The Hall–Kier alpha value is -1.97. The number of rotatable bonds is 4. The molecule has 0 radical (unpaired) electrons. The van der Waals surface area contributed by atoms with Gasteiger partial charge in [0, 0.05) is 6.54 Å². The third-order valence-electron chi connectivity index (χ3n) is 2.12. The van der Waals surface area contributed by atoms with E-state index in [1.54, 1.807) is 24.3 Å². The van der Waals surface area contributed by atoms with E-state index in [1.807, 2.05) is 13.0 Å². The average molecular weight is 220 g/mol. The summed E-state index contributed by atoms with van der Waals surface area (Å²) in [6, 6.07) is 6.39. The molecule has 1 atom stereocenters. The number of hydrogen-bond acceptors (Lipinski definition) is 2. The second kappa shape index (κ2) is 5.80. The summed E-state index contributed by atoms with van der Waals surface area (Å²) in [4.78, 5) is 11.3. The van der Waals surface area contributed by atoms with Gasteiger partial charge in [-0.2, -0.15) is 0 Å². The van der Waals surface area contributed by atoms with E-state index in [0.717, 1.165) is 5.56 Å². The van der Waals surface area contributed by atoms with Gasteiger partial charge in [0.05, 0.1) is 6.04 Å². The van der Waals surface area contributed by atoms with Crippen LogP contribution in [0.25, 0.3) is 0 Å². The van der Waals surface area contributed by atoms with Crippen molar-refractivity contribution in [2.24, 2.45) is 0 Å². The minimum absolute atomic E-state index is 0.156. The monoisotopic (exact) mass is 220 g/mol. The molecule has 0 aliphatic heterocycles. The van der Waals surface area contributed by atoms with E-state index in [2.05, 4.69) is 17.2 Å². The van der Waals surface area contributed by atoms with E-state index in [-0.39, 0.29) is 17.8 Å². The van der Waals surface area contributed by atoms with Gasteiger partial charge in [0.2, 0.25) is 0 Å². The van der Waals surface area contributed by atoms with Gasteiger partial charge in [-0.25, -0.2) is 4.79 Å². The first-order valence-corrected chi connectivity index (χ1v) is 5.07. The van der Waals surface area contributed by atoms with Gasteiger partial charge >= 0.3 is 6.03 Å². The molecule has 0 aliphatic carbocycles. The number of phenolic OH excluding ortho intramolecular Hbond substituents is 1. The van der Waals surface area contributed by atoms with Crippen LogP contribution in [0.15, 0.2) is 36.9 Å². The normalized spacial score (nSPS) is 11.6. The predicted octanol–water partition coefficient (Wildman–Crippen LogP) is 1.94. The summed E-state index contributed by atoms with van der Waals surface area (Å²) in [7, 11) is 0. The molecule has 0 unspecified atom stereocenters. The molecule has 4 nitrogen and oxygen atoms in total. The molecule has 0 saturated carbocycles. The van der Waals surface area contributed by atoms with Crippen LogP contribution in [0.1, 0.15) is 18.5 Å². The summed E-state index contributed by atoms with van der Waals surface area (Å²) in [5.41, 5.74) is 0.855. The Morgan fingerprint density at radius 3 is 3.00 bits per heavy atom. The van der Waals surface area contributed by atoms with Crippen molar-refractivity contribution >= 4 is 6.03 Å². The number of amides is 2. The predicted molar refractivity (Wildman–Crippen MR) is 63.3 cm³/mol. The third-order valence-corrected chi connectivity index (χ3v) is 2.12. The first-order chi connectivity index (χ1) is 7.63. The summed E-state index contributed by atoms with van der Waals surface area (Å²) >= 11 is 0. The van der Waals surface area contributed by atoms with Crippen LogP contribution in [0.3, 0.4) is 0 Å². The molecule has 0 saturated heterocycles. The standard InChI is InChI=1S/C12H16N2O2/c1-3-7-13-12(16)14-9(2)10-5-4-6-11(15)8-10/h3-6,8-9,15H,1,7H2,2H3,(H2,13,14,16)/t9-/m1/s1. The number of phenols is 1. The van der Waals surface area contributed by atoms with Crippen LogP contribution >= 0.6 is 0 Å². The molecular weight excluding hydrogens is 204 g/mol. The topological polar surface area (TPSA) is 61.4 Å². The van der Waals surface area contributed by atoms with Crippen molar-refractivity contribution in [2.45, 2.75) is 13.0 Å². The second-order valence-electron chi connectivity index (χ2n) is 3.46. The molecule has 0 aromatic heterocycles. The number of carbonyl (C=O) groups excluding carboxylic acids is 1. The summed E-state index contributed by atoms with van der Waals surface area (Å²) in [5, 5.41) is 14.7. The molecule has 0 bridgehead atoms. The van der Waals surface area contributed by atoms with Crippen LogP contribution in [0.2, 0.25) is 0 Å². The first-order valence-electron chi connectivity index (χ1n) is 5.07. The third kappa shape index (κ3) is 3.65. The number of urea groups is 1. The average Bonchev–Trinajstić information content (AvgIpc) is 2.26. The summed E-state index contributed by atoms with van der Waals surface area (Å²) in [6.07, 6.45) is 1.61. The van der Waals surface area contributed by atoms with Gasteiger partial charge in [0.1, 0.15) is 5.75 Å². The number of hydrogen-bond donors (Lipinski definition) is 3. The zero-order valence-corrected chi connectivity index (χ0v) is 9.23. The van der Waals surface area contributed by atoms with Crippen molar-refractivity contribution in [1.29, 1.82) is 0 Å². The Kier molecular flexibility index (Phi) is 4.39. The molecule has 1 aromatic carbocycles. The van der Waals surface area contributed by atoms with Crippen LogP contribution < -0.4 is 10.6 Å². The van der Waals surface area contributed by atoms with Crippen molar-refractivity contribution in [2.75, 3.05) is 6.54 Å². The highest BCUT2D eigenvalue weighted by Gasteiger charge is 2.08. The minimum atomic E-state index is -0.254. The highest BCUT2D eigenvalue weighted by Crippen LogP contribution is 2.17. The van der Waals surface area contributed by atoms with Crippen LogP contribution in [-0.2, 0) is 0 Å². The number of aromatic hydroxyl groups is 1. The van der Waals surface area contributed by atoms with E-state index in [4.69, 9.17) is 0 Å². The van der Waals surface area contributed by atoms with Crippen molar-refractivity contribution < 1.29 is 9.90 Å². The van der Waals surface area contributed by atoms with Gasteiger partial charge in [0.15, 0.2) is 0 Å². The van der Waals surface area contributed by atoms with Gasteiger partial charge in [-0.1, -0.05) is 18.2 Å². The Balaban J connectivity index is 2.54. The lowest BCUT2D eigenvalue weighted by molar-refractivity contribution is 0.239. The maximum Gasteiger partial charge on any atom is 0.315 e. The fraction of sp³-hybridized carbons (Fsp3) is 0.250. The molecule has 0 heterocycles. The Morgan fingerprint density at radius 2 is 2.38 bits per heavy atom. The van der Waals surface area contributed by atoms with Crippen LogP contribution in [-0.4, -0.2) is 17.7 Å². The molecule has 86 valence electrons. The highest BCUT2D eigenvalue weighted by molar-refractivity contribution is 5.74. The molecule has 0 spiro atoms. The van der Waals surface area contributed by atoms with Crippen LogP contribution in [0.4, 0.5) is 4.79 Å². The Bertz CT molecular complexity index is 377. The first kappa shape index (κ1) is 12.1. The van der Waals surface area contributed by atoms with E-state index in [1.165, 1.54) is 0 Å². The van der Waals surface area contributed by atoms with E-state index < -0.39 is 0 Å². The zero-order chi connectivity index (χ0) is 12.0. The maximum absolute atomic E-state index is 11.3. The molecule has 1 aromatic rings. The van der Waals surface area contributed by atoms with E-state index >= 15 is 0 Å². The SMILES string of the molecule is C=CCNC(=O)N[C@H](C)c1cccc(O)c1. The summed E-state index contributed by atoms with van der Waals surface area (Å²) < 4.78 is 0. The lowest BCUT2D eigenvalue weighted by Crippen LogP contribution is -2.36. The maximum atomic E-state index is 11.3. The molecular formula is C12H16N2O2. The molecule has 4 heteroatoms. The van der Waals surface area contributed by atoms with Gasteiger partial charge in [-0.15, -0.1) is 6.58 Å². The number of carbonyl (C=O) groups is 1. The quantitative estimate of drug-likeness (QED) is 0.679. The Morgan fingerprint density at radius 1 is 1.62 bits per heavy atom. The lowest BCUT2D eigenvalue weighted by atomic mass is 10.1. The fourth-order valence-corrected chi connectivity index (χ4v) is 1.29. The summed E-state index contributed by atoms with van der Waals surface area (Å²) in [6.45, 7) is 5.78. The Labute approximate surface area is 95.0 Å². The summed E-state index contributed by atoms with van der Waals surface area (Å²) in [5.74, 6) is 0.192. The number of benzene rings is 1. The van der Waals surface area contributed by atoms with E-state index in [9.17, 15) is 9.90 Å². The number of nitrogens with one attached hydrogen (secondary N) is 2. The molecule has 0 aliphatic rings. The molecule has 1 rings (SSSR count). The molecule has 3 N–H and O–H groups in total. The second-order valence-corrected chi connectivity index (χ2v) is 3.46. The highest BCUT2D eigenvalue weighted by atomic mass is 16.3. The van der Waals surface area contributed by atoms with Gasteiger partial charge in [-0.3, -0.25) is 0 Å². The lowest BCUT2D eigenvalue weighted by Gasteiger charge is -2.14. The van der Waals surface area contributed by atoms with Crippen molar-refractivity contribution in [3.63, 3.8) is 0 Å². The fourth-order valence-electron chi connectivity index (χ4n) is 1.29.